The minimum atomic E-state index is -0.867. The molecule has 3 amide bonds. The summed E-state index contributed by atoms with van der Waals surface area (Å²) in [5.41, 5.74) is 1.55. The summed E-state index contributed by atoms with van der Waals surface area (Å²) < 4.78 is 5.38. The molecule has 4 rings (SSSR count). The van der Waals surface area contributed by atoms with Gasteiger partial charge in [0.2, 0.25) is 5.91 Å². The van der Waals surface area contributed by atoms with Crippen molar-refractivity contribution in [1.29, 1.82) is 0 Å². The Morgan fingerprint density at radius 1 is 1.18 bits per heavy atom. The number of nitrogens with zero attached hydrogens (tertiary/aromatic N) is 2. The molecule has 1 atom stereocenters. The monoisotopic (exact) mass is 394 g/mol. The summed E-state index contributed by atoms with van der Waals surface area (Å²) in [4.78, 5) is 42.0. The van der Waals surface area contributed by atoms with E-state index in [1.807, 2.05) is 19.1 Å². The summed E-state index contributed by atoms with van der Waals surface area (Å²) in [5.74, 6) is -0.449. The Morgan fingerprint density at radius 3 is 2.61 bits per heavy atom. The zero-order chi connectivity index (χ0) is 19.7. The smallest absolute Gasteiger partial charge is 0.265 e. The SMILES string of the molecule is Cc1ccc(N2C(=O)CC(N(Cc3ccco3)C(=O)c3cccs3)C2=O)cc1. The molecule has 28 heavy (non-hydrogen) atoms. The molecule has 0 aliphatic carbocycles. The minimum Gasteiger partial charge on any atom is -0.467 e. The van der Waals surface area contributed by atoms with E-state index in [0.717, 1.165) is 5.56 Å². The molecule has 1 aliphatic heterocycles. The first-order chi connectivity index (χ1) is 13.5. The average molecular weight is 394 g/mol. The highest BCUT2D eigenvalue weighted by atomic mass is 32.1. The summed E-state index contributed by atoms with van der Waals surface area (Å²) >= 11 is 1.30. The van der Waals surface area contributed by atoms with Crippen molar-refractivity contribution in [1.82, 2.24) is 4.90 Å². The van der Waals surface area contributed by atoms with Crippen LogP contribution >= 0.6 is 11.3 Å². The van der Waals surface area contributed by atoms with E-state index in [4.69, 9.17) is 4.42 Å². The molecule has 7 heteroatoms. The van der Waals surface area contributed by atoms with Crippen molar-refractivity contribution in [3.8, 4) is 0 Å². The van der Waals surface area contributed by atoms with Crippen LogP contribution in [0.25, 0.3) is 0 Å². The van der Waals surface area contributed by atoms with Gasteiger partial charge in [0, 0.05) is 0 Å². The van der Waals surface area contributed by atoms with Crippen molar-refractivity contribution in [2.45, 2.75) is 25.9 Å². The standard InChI is InChI=1S/C21H18N2O4S/c1-14-6-8-15(9-7-14)23-19(24)12-17(20(23)25)22(13-16-4-2-10-27-16)21(26)18-5-3-11-28-18/h2-11,17H,12-13H2,1H3. The van der Waals surface area contributed by atoms with Gasteiger partial charge in [-0.05, 0) is 42.6 Å². The van der Waals surface area contributed by atoms with Crippen molar-refractivity contribution >= 4 is 34.7 Å². The van der Waals surface area contributed by atoms with E-state index in [9.17, 15) is 14.4 Å². The maximum absolute atomic E-state index is 13.1. The maximum atomic E-state index is 13.1. The lowest BCUT2D eigenvalue weighted by Gasteiger charge is -2.26. The first kappa shape index (κ1) is 18.2. The number of rotatable bonds is 5. The Hall–Kier alpha value is -3.19. The van der Waals surface area contributed by atoms with Gasteiger partial charge in [0.05, 0.1) is 29.8 Å². The Balaban J connectivity index is 1.66. The van der Waals surface area contributed by atoms with Crippen molar-refractivity contribution in [2.75, 3.05) is 4.90 Å². The summed E-state index contributed by atoms with van der Waals surface area (Å²) in [6, 6.07) is 13.3. The molecule has 0 radical (unpaired) electrons. The molecular formula is C21H18N2O4S. The molecule has 0 N–H and O–H groups in total. The van der Waals surface area contributed by atoms with Gasteiger partial charge in [-0.15, -0.1) is 11.3 Å². The van der Waals surface area contributed by atoms with Crippen LogP contribution in [0.4, 0.5) is 5.69 Å². The number of carbonyl (C=O) groups excluding carboxylic acids is 3. The number of anilines is 1. The third-order valence-electron chi connectivity index (χ3n) is 4.69. The molecule has 1 aromatic carbocycles. The average Bonchev–Trinajstić information content (AvgIpc) is 3.43. The van der Waals surface area contributed by atoms with Crippen LogP contribution < -0.4 is 4.90 Å². The van der Waals surface area contributed by atoms with Crippen LogP contribution in [-0.4, -0.2) is 28.7 Å². The lowest BCUT2D eigenvalue weighted by atomic mass is 10.2. The van der Waals surface area contributed by atoms with Gasteiger partial charge < -0.3 is 9.32 Å². The first-order valence-electron chi connectivity index (χ1n) is 8.85. The topological polar surface area (TPSA) is 70.8 Å². The van der Waals surface area contributed by atoms with Gasteiger partial charge in [0.15, 0.2) is 0 Å². The van der Waals surface area contributed by atoms with E-state index in [-0.39, 0.29) is 24.8 Å². The van der Waals surface area contributed by atoms with Crippen molar-refractivity contribution in [2.24, 2.45) is 0 Å². The molecule has 142 valence electrons. The maximum Gasteiger partial charge on any atom is 0.265 e. The van der Waals surface area contributed by atoms with E-state index >= 15 is 0 Å². The molecule has 2 aromatic heterocycles. The predicted octanol–water partition coefficient (Wildman–Crippen LogP) is 3.62. The van der Waals surface area contributed by atoms with E-state index in [1.54, 1.807) is 41.8 Å². The molecule has 0 saturated carbocycles. The molecule has 0 spiro atoms. The Morgan fingerprint density at radius 2 is 1.96 bits per heavy atom. The predicted molar refractivity (Wildman–Crippen MR) is 105 cm³/mol. The second-order valence-corrected chi connectivity index (χ2v) is 7.56. The highest BCUT2D eigenvalue weighted by molar-refractivity contribution is 7.12. The Kier molecular flexibility index (Phi) is 4.83. The Labute approximate surface area is 166 Å². The molecule has 1 aliphatic rings. The number of furan rings is 1. The molecule has 1 fully saturated rings. The van der Waals surface area contributed by atoms with Gasteiger partial charge >= 0.3 is 0 Å². The van der Waals surface area contributed by atoms with Gasteiger partial charge in [-0.25, -0.2) is 4.90 Å². The fourth-order valence-corrected chi connectivity index (χ4v) is 3.94. The van der Waals surface area contributed by atoms with Gasteiger partial charge in [-0.1, -0.05) is 23.8 Å². The van der Waals surface area contributed by atoms with Crippen LogP contribution in [0.1, 0.15) is 27.4 Å². The number of imide groups is 1. The third-order valence-corrected chi connectivity index (χ3v) is 5.55. The zero-order valence-electron chi connectivity index (χ0n) is 15.2. The second kappa shape index (κ2) is 7.44. The van der Waals surface area contributed by atoms with Gasteiger partial charge in [0.25, 0.3) is 11.8 Å². The fraction of sp³-hybridized carbons (Fsp3) is 0.190. The highest BCUT2D eigenvalue weighted by Gasteiger charge is 2.44. The van der Waals surface area contributed by atoms with Gasteiger partial charge in [-0.3, -0.25) is 14.4 Å². The minimum absolute atomic E-state index is 0.0511. The third kappa shape index (κ3) is 3.36. The number of benzene rings is 1. The number of carbonyl (C=O) groups is 3. The first-order valence-corrected chi connectivity index (χ1v) is 9.73. The van der Waals surface area contributed by atoms with Crippen LogP contribution in [0.5, 0.6) is 0 Å². The van der Waals surface area contributed by atoms with Crippen molar-refractivity contribution < 1.29 is 18.8 Å². The molecule has 3 heterocycles. The quantitative estimate of drug-likeness (QED) is 0.620. The molecule has 0 bridgehead atoms. The summed E-state index contributed by atoms with van der Waals surface area (Å²) in [6.07, 6.45) is 1.47. The van der Waals surface area contributed by atoms with Crippen LogP contribution in [0, 0.1) is 6.92 Å². The molecule has 3 aromatic rings. The van der Waals surface area contributed by atoms with Gasteiger partial charge in [0.1, 0.15) is 11.8 Å². The number of hydrogen-bond donors (Lipinski definition) is 0. The van der Waals surface area contributed by atoms with Crippen molar-refractivity contribution in [3.63, 3.8) is 0 Å². The molecular weight excluding hydrogens is 376 g/mol. The summed E-state index contributed by atoms with van der Waals surface area (Å²) in [7, 11) is 0. The zero-order valence-corrected chi connectivity index (χ0v) is 16.0. The van der Waals surface area contributed by atoms with E-state index in [1.165, 1.54) is 27.4 Å². The largest absolute Gasteiger partial charge is 0.467 e. The van der Waals surface area contributed by atoms with Crippen LogP contribution in [0.2, 0.25) is 0 Å². The normalized spacial score (nSPS) is 16.6. The lowest BCUT2D eigenvalue weighted by Crippen LogP contribution is -2.44. The number of thiophene rings is 1. The van der Waals surface area contributed by atoms with Gasteiger partial charge in [-0.2, -0.15) is 0 Å². The molecule has 1 unspecified atom stereocenters. The number of aryl methyl sites for hydroxylation is 1. The Bertz CT molecular complexity index is 994. The second-order valence-electron chi connectivity index (χ2n) is 6.61. The van der Waals surface area contributed by atoms with Crippen LogP contribution in [-0.2, 0) is 16.1 Å². The number of hydrogen-bond acceptors (Lipinski definition) is 5. The highest BCUT2D eigenvalue weighted by Crippen LogP contribution is 2.28. The summed E-state index contributed by atoms with van der Waals surface area (Å²) in [5, 5.41) is 1.80. The molecule has 6 nitrogen and oxygen atoms in total. The van der Waals surface area contributed by atoms with E-state index in [2.05, 4.69) is 0 Å². The van der Waals surface area contributed by atoms with E-state index in [0.29, 0.717) is 16.3 Å². The van der Waals surface area contributed by atoms with Crippen LogP contribution in [0.15, 0.2) is 64.6 Å². The molecule has 1 saturated heterocycles. The van der Waals surface area contributed by atoms with Crippen LogP contribution in [0.3, 0.4) is 0 Å². The number of amides is 3. The van der Waals surface area contributed by atoms with Crippen molar-refractivity contribution in [3.05, 3.63) is 76.4 Å². The summed E-state index contributed by atoms with van der Waals surface area (Å²) in [6.45, 7) is 2.06. The van der Waals surface area contributed by atoms with E-state index < -0.39 is 11.9 Å². The fourth-order valence-electron chi connectivity index (χ4n) is 3.26. The lowest BCUT2D eigenvalue weighted by molar-refractivity contribution is -0.122.